The molecule has 0 spiro atoms. The lowest BCUT2D eigenvalue weighted by Gasteiger charge is -2.19. The van der Waals surface area contributed by atoms with Crippen LogP contribution in [0.5, 0.6) is 0 Å². The first-order valence-corrected chi connectivity index (χ1v) is 10.7. The average Bonchev–Trinajstić information content (AvgIpc) is 3.22. The zero-order valence-electron chi connectivity index (χ0n) is 14.6. The zero-order valence-corrected chi connectivity index (χ0v) is 15.4. The van der Waals surface area contributed by atoms with E-state index in [1.807, 2.05) is 12.1 Å². The molecular weight excluding hydrogens is 358 g/mol. The first kappa shape index (κ1) is 16.3. The summed E-state index contributed by atoms with van der Waals surface area (Å²) in [5.74, 6) is 0.115. The Hall–Kier alpha value is -2.91. The van der Waals surface area contributed by atoms with E-state index in [1.165, 1.54) is 11.1 Å². The topological polar surface area (TPSA) is 82.8 Å². The minimum absolute atomic E-state index is 0.104. The average molecular weight is 375 g/mol. The minimum Gasteiger partial charge on any atom is -0.377 e. The van der Waals surface area contributed by atoms with Gasteiger partial charge in [-0.25, -0.2) is 8.42 Å². The summed E-state index contributed by atoms with van der Waals surface area (Å²) < 4.78 is 24.7. The monoisotopic (exact) mass is 375 g/mol. The summed E-state index contributed by atoms with van der Waals surface area (Å²) in [6.45, 7) is 0. The number of hydrogen-bond acceptors (Lipinski definition) is 5. The zero-order chi connectivity index (χ0) is 18.6. The third-order valence-electron chi connectivity index (χ3n) is 5.63. The number of fused-ring (bicyclic) bond motifs is 4. The number of nitrogens with one attached hydrogen (secondary N) is 1. The first-order chi connectivity index (χ1) is 13.1. The van der Waals surface area contributed by atoms with Crippen LogP contribution in [0.4, 0.5) is 5.69 Å². The molecule has 0 bridgehead atoms. The van der Waals surface area contributed by atoms with Gasteiger partial charge in [0.25, 0.3) is 0 Å². The fraction of sp³-hybridized carbons (Fsp3) is 0.238. The molecule has 0 saturated carbocycles. The predicted octanol–water partition coefficient (Wildman–Crippen LogP) is 3.54. The van der Waals surface area contributed by atoms with Gasteiger partial charge in [-0.15, -0.1) is 0 Å². The van der Waals surface area contributed by atoms with Crippen LogP contribution < -0.4 is 5.32 Å². The van der Waals surface area contributed by atoms with E-state index >= 15 is 0 Å². The van der Waals surface area contributed by atoms with Gasteiger partial charge in [-0.3, -0.25) is 4.98 Å². The quantitative estimate of drug-likeness (QED) is 0.741. The molecule has 0 unspecified atom stereocenters. The van der Waals surface area contributed by atoms with Crippen LogP contribution in [0.3, 0.4) is 0 Å². The molecule has 5 rings (SSSR count). The highest BCUT2D eigenvalue weighted by Crippen LogP contribution is 2.40. The van der Waals surface area contributed by atoms with Gasteiger partial charge in [-0.1, -0.05) is 24.3 Å². The molecule has 1 aliphatic carbocycles. The Balaban J connectivity index is 1.72. The van der Waals surface area contributed by atoms with Gasteiger partial charge in [-0.2, -0.15) is 5.26 Å². The maximum absolute atomic E-state index is 12.4. The van der Waals surface area contributed by atoms with Crippen LogP contribution in [0.1, 0.15) is 34.7 Å². The number of nitrogens with zero attached hydrogens (tertiary/aromatic N) is 2. The van der Waals surface area contributed by atoms with Gasteiger partial charge in [0.15, 0.2) is 9.84 Å². The van der Waals surface area contributed by atoms with E-state index in [9.17, 15) is 13.7 Å². The molecule has 1 N–H and O–H groups in total. The lowest BCUT2D eigenvalue weighted by molar-refractivity contribution is 0.600. The number of hydrogen-bond donors (Lipinski definition) is 1. The summed E-state index contributed by atoms with van der Waals surface area (Å²) in [5.41, 5.74) is 5.22. The molecule has 2 heterocycles. The molecule has 0 saturated heterocycles. The number of benzene rings is 2. The molecule has 6 heteroatoms. The number of aryl methyl sites for hydroxylation is 2. The number of rotatable bonds is 2. The van der Waals surface area contributed by atoms with Gasteiger partial charge in [0.2, 0.25) is 0 Å². The van der Waals surface area contributed by atoms with Gasteiger partial charge in [0, 0.05) is 11.6 Å². The lowest BCUT2D eigenvalue weighted by Crippen LogP contribution is -2.10. The largest absolute Gasteiger partial charge is 0.377 e. The molecule has 5 nitrogen and oxygen atoms in total. The standard InChI is InChI=1S/C21H17N3O2S/c22-11-14-12-23-18-7-8-19-16(9-10-27(19,25)26)20(18)21(14)24-17-6-5-13-3-1-2-4-15(13)17/h1-4,7-8,12,17H,5-6,9-10H2,(H,23,24)/t17-/m1/s1. The van der Waals surface area contributed by atoms with Gasteiger partial charge >= 0.3 is 0 Å². The predicted molar refractivity (Wildman–Crippen MR) is 103 cm³/mol. The van der Waals surface area contributed by atoms with Crippen molar-refractivity contribution >= 4 is 26.4 Å². The Kier molecular flexibility index (Phi) is 3.49. The summed E-state index contributed by atoms with van der Waals surface area (Å²) >= 11 is 0. The number of sulfone groups is 1. The number of nitriles is 1. The number of aromatic nitrogens is 1. The molecule has 2 aromatic carbocycles. The third kappa shape index (κ3) is 2.42. The van der Waals surface area contributed by atoms with Gasteiger partial charge in [0.05, 0.1) is 33.5 Å². The summed E-state index contributed by atoms with van der Waals surface area (Å²) in [7, 11) is -3.25. The summed E-state index contributed by atoms with van der Waals surface area (Å²) in [6, 6.07) is 14.0. The second kappa shape index (κ2) is 5.80. The highest BCUT2D eigenvalue weighted by Gasteiger charge is 2.30. The van der Waals surface area contributed by atoms with Crippen molar-refractivity contribution in [2.75, 3.05) is 11.1 Å². The van der Waals surface area contributed by atoms with Crippen molar-refractivity contribution in [3.63, 3.8) is 0 Å². The lowest BCUT2D eigenvalue weighted by atomic mass is 10.0. The molecule has 0 amide bonds. The van der Waals surface area contributed by atoms with Crippen molar-refractivity contribution in [2.24, 2.45) is 0 Å². The maximum Gasteiger partial charge on any atom is 0.179 e. The van der Waals surface area contributed by atoms with Gasteiger partial charge in [0.1, 0.15) is 6.07 Å². The number of pyridine rings is 1. The minimum atomic E-state index is -3.25. The molecule has 1 aromatic heterocycles. The molecule has 0 radical (unpaired) electrons. The SMILES string of the molecule is N#Cc1cnc2ccc3c(c2c1N[C@@H]1CCc2ccccc21)CCS3(=O)=O. The second-order valence-electron chi connectivity index (χ2n) is 7.10. The Morgan fingerprint density at radius 1 is 1.15 bits per heavy atom. The molecule has 1 atom stereocenters. The van der Waals surface area contributed by atoms with Crippen LogP contribution in [0, 0.1) is 11.3 Å². The van der Waals surface area contributed by atoms with Crippen LogP contribution in [0.15, 0.2) is 47.5 Å². The highest BCUT2D eigenvalue weighted by molar-refractivity contribution is 7.91. The van der Waals surface area contributed by atoms with E-state index in [0.717, 1.165) is 29.3 Å². The van der Waals surface area contributed by atoms with E-state index < -0.39 is 9.84 Å². The fourth-order valence-corrected chi connectivity index (χ4v) is 5.89. The van der Waals surface area contributed by atoms with Crippen LogP contribution in [-0.2, 0) is 22.7 Å². The molecule has 134 valence electrons. The molecule has 0 fully saturated rings. The third-order valence-corrected chi connectivity index (χ3v) is 7.42. The van der Waals surface area contributed by atoms with Gasteiger partial charge in [-0.05, 0) is 48.1 Å². The van der Waals surface area contributed by atoms with E-state index in [1.54, 1.807) is 18.3 Å². The van der Waals surface area contributed by atoms with Crippen LogP contribution >= 0.6 is 0 Å². The molecular formula is C21H17N3O2S. The van der Waals surface area contributed by atoms with E-state index in [2.05, 4.69) is 28.5 Å². The van der Waals surface area contributed by atoms with Crippen LogP contribution in [0.25, 0.3) is 10.9 Å². The highest BCUT2D eigenvalue weighted by atomic mass is 32.2. The molecule has 27 heavy (non-hydrogen) atoms. The summed E-state index contributed by atoms with van der Waals surface area (Å²) in [4.78, 5) is 4.78. The van der Waals surface area contributed by atoms with Crippen molar-refractivity contribution in [1.29, 1.82) is 5.26 Å². The van der Waals surface area contributed by atoms with Crippen molar-refractivity contribution in [3.8, 4) is 6.07 Å². The Morgan fingerprint density at radius 2 is 2.00 bits per heavy atom. The maximum atomic E-state index is 12.4. The summed E-state index contributed by atoms with van der Waals surface area (Å²) in [5, 5.41) is 14.0. The van der Waals surface area contributed by atoms with Crippen molar-refractivity contribution in [1.82, 2.24) is 4.98 Å². The van der Waals surface area contributed by atoms with Crippen molar-refractivity contribution < 1.29 is 8.42 Å². The Bertz CT molecular complexity index is 1240. The molecule has 2 aliphatic rings. The summed E-state index contributed by atoms with van der Waals surface area (Å²) in [6.07, 6.45) is 3.97. The second-order valence-corrected chi connectivity index (χ2v) is 9.18. The molecule has 3 aromatic rings. The Morgan fingerprint density at radius 3 is 2.85 bits per heavy atom. The van der Waals surface area contributed by atoms with Crippen molar-refractivity contribution in [2.45, 2.75) is 30.2 Å². The fourth-order valence-electron chi connectivity index (χ4n) is 4.34. The smallest absolute Gasteiger partial charge is 0.179 e. The molecule has 1 aliphatic heterocycles. The van der Waals surface area contributed by atoms with Crippen molar-refractivity contribution in [3.05, 3.63) is 64.8 Å². The van der Waals surface area contributed by atoms with E-state index in [4.69, 9.17) is 0 Å². The van der Waals surface area contributed by atoms with Crippen LogP contribution in [0.2, 0.25) is 0 Å². The van der Waals surface area contributed by atoms with E-state index in [0.29, 0.717) is 22.6 Å². The number of anilines is 1. The normalized spacial score (nSPS) is 19.4. The Labute approximate surface area is 157 Å². The van der Waals surface area contributed by atoms with Gasteiger partial charge < -0.3 is 5.32 Å². The first-order valence-electron chi connectivity index (χ1n) is 9.00. The van der Waals surface area contributed by atoms with Crippen LogP contribution in [-0.4, -0.2) is 19.2 Å². The van der Waals surface area contributed by atoms with E-state index in [-0.39, 0.29) is 11.8 Å².